The Labute approximate surface area is 51.6 Å². The maximum absolute atomic E-state index is 10.3. The topological polar surface area (TPSA) is 85.5 Å². The van der Waals surface area contributed by atoms with Gasteiger partial charge >= 0.3 is 0 Å². The van der Waals surface area contributed by atoms with Crippen LogP contribution < -0.4 is 5.32 Å². The van der Waals surface area contributed by atoms with Gasteiger partial charge in [-0.1, -0.05) is 5.16 Å². The van der Waals surface area contributed by atoms with E-state index in [1.54, 1.807) is 0 Å². The Bertz CT molecular complexity index is 179. The number of nitrogens with one attached hydrogen (secondary N) is 1. The lowest BCUT2D eigenvalue weighted by Gasteiger charge is -1.89. The number of nitrogens with zero attached hydrogens (tertiary/aromatic N) is 2. The molecule has 0 saturated carbocycles. The van der Waals surface area contributed by atoms with Crippen molar-refractivity contribution in [2.24, 2.45) is 5.16 Å². The summed E-state index contributed by atoms with van der Waals surface area (Å²) in [6.07, 6.45) is 0. The molecule has 0 fully saturated rings. The summed E-state index contributed by atoms with van der Waals surface area (Å²) >= 11 is 0. The monoisotopic (exact) mass is 127 g/mol. The Morgan fingerprint density at radius 2 is 2.44 bits per heavy atom. The lowest BCUT2D eigenvalue weighted by atomic mass is 10.4. The number of carbonyl (C=O) groups excluding carboxylic acids is 1. The Balaban J connectivity index is 4.19. The molecule has 0 unspecified atom stereocenters. The van der Waals surface area contributed by atoms with Crippen molar-refractivity contribution in [1.82, 2.24) is 5.32 Å². The Morgan fingerprint density at radius 3 is 2.56 bits per heavy atom. The molecule has 48 valence electrons. The zero-order chi connectivity index (χ0) is 7.28. The molecule has 0 spiro atoms. The first kappa shape index (κ1) is 7.43. The van der Waals surface area contributed by atoms with Crippen LogP contribution in [-0.4, -0.2) is 23.9 Å². The lowest BCUT2D eigenvalue weighted by Crippen LogP contribution is -2.26. The predicted octanol–water partition coefficient (Wildman–Crippen LogP) is -0.914. The molecule has 0 aliphatic carbocycles. The number of hydrogen-bond donors (Lipinski definition) is 2. The van der Waals surface area contributed by atoms with Crippen LogP contribution in [0.1, 0.15) is 0 Å². The smallest absolute Gasteiger partial charge is 0.284 e. The number of hydrogen-bond acceptors (Lipinski definition) is 4. The highest BCUT2D eigenvalue weighted by Crippen LogP contribution is 1.71. The largest absolute Gasteiger partial charge is 0.410 e. The summed E-state index contributed by atoms with van der Waals surface area (Å²) in [4.78, 5) is 10.3. The highest BCUT2D eigenvalue weighted by Gasteiger charge is 2.06. The Hall–Kier alpha value is -1.57. The Kier molecular flexibility index (Phi) is 2.84. The summed E-state index contributed by atoms with van der Waals surface area (Å²) in [5.74, 6) is -0.694. The fourth-order valence-corrected chi connectivity index (χ4v) is 0.237. The number of nitriles is 1. The molecular formula is C4H5N3O2. The summed E-state index contributed by atoms with van der Waals surface area (Å²) < 4.78 is 0. The molecule has 0 atom stereocenters. The van der Waals surface area contributed by atoms with Crippen molar-refractivity contribution in [2.45, 2.75) is 0 Å². The SMILES string of the molecule is CNC(=O)/C(C#N)=N/O. The van der Waals surface area contributed by atoms with Gasteiger partial charge in [-0.05, 0) is 0 Å². The zero-order valence-corrected chi connectivity index (χ0v) is 4.75. The number of amides is 1. The van der Waals surface area contributed by atoms with E-state index in [2.05, 4.69) is 10.5 Å². The second-order valence-electron chi connectivity index (χ2n) is 1.14. The van der Waals surface area contributed by atoms with Crippen molar-refractivity contribution >= 4 is 11.6 Å². The van der Waals surface area contributed by atoms with E-state index in [0.717, 1.165) is 0 Å². The molecule has 0 aromatic rings. The van der Waals surface area contributed by atoms with Gasteiger partial charge in [-0.15, -0.1) is 0 Å². The zero-order valence-electron chi connectivity index (χ0n) is 4.75. The van der Waals surface area contributed by atoms with Crippen LogP contribution in [0.4, 0.5) is 0 Å². The average molecular weight is 127 g/mol. The molecule has 0 bridgehead atoms. The van der Waals surface area contributed by atoms with Crippen LogP contribution in [0.25, 0.3) is 0 Å². The third-order valence-corrected chi connectivity index (χ3v) is 0.648. The van der Waals surface area contributed by atoms with E-state index in [0.29, 0.717) is 0 Å². The van der Waals surface area contributed by atoms with E-state index in [4.69, 9.17) is 10.5 Å². The van der Waals surface area contributed by atoms with Crippen molar-refractivity contribution in [1.29, 1.82) is 5.26 Å². The van der Waals surface area contributed by atoms with Crippen LogP contribution in [-0.2, 0) is 4.79 Å². The van der Waals surface area contributed by atoms with Gasteiger partial charge in [-0.25, -0.2) is 0 Å². The number of oxime groups is 1. The van der Waals surface area contributed by atoms with Crippen LogP contribution >= 0.6 is 0 Å². The quantitative estimate of drug-likeness (QED) is 0.271. The molecule has 1 amide bonds. The standard InChI is InChI=1S/C4H5N3O2/c1-6-4(8)3(2-5)7-9/h9H,1H3,(H,6,8)/b7-3+. The van der Waals surface area contributed by atoms with Crippen molar-refractivity contribution < 1.29 is 10.0 Å². The Morgan fingerprint density at radius 1 is 1.89 bits per heavy atom. The molecule has 0 rings (SSSR count). The van der Waals surface area contributed by atoms with E-state index in [1.807, 2.05) is 0 Å². The normalized spacial score (nSPS) is 10.0. The van der Waals surface area contributed by atoms with E-state index < -0.39 is 11.6 Å². The summed E-state index contributed by atoms with van der Waals surface area (Å²) in [6, 6.07) is 1.39. The van der Waals surface area contributed by atoms with Crippen LogP contribution in [0.5, 0.6) is 0 Å². The molecule has 2 N–H and O–H groups in total. The fourth-order valence-electron chi connectivity index (χ4n) is 0.237. The maximum atomic E-state index is 10.3. The molecule has 0 aromatic carbocycles. The van der Waals surface area contributed by atoms with Gasteiger partial charge in [0, 0.05) is 7.05 Å². The van der Waals surface area contributed by atoms with E-state index in [1.165, 1.54) is 13.1 Å². The fraction of sp³-hybridized carbons (Fsp3) is 0.250. The molecular weight excluding hydrogens is 122 g/mol. The van der Waals surface area contributed by atoms with Crippen molar-refractivity contribution in [3.05, 3.63) is 0 Å². The van der Waals surface area contributed by atoms with E-state index >= 15 is 0 Å². The highest BCUT2D eigenvalue weighted by molar-refractivity contribution is 6.44. The van der Waals surface area contributed by atoms with Crippen molar-refractivity contribution in [3.8, 4) is 6.07 Å². The summed E-state index contributed by atoms with van der Waals surface area (Å²) in [7, 11) is 1.34. The first-order valence-electron chi connectivity index (χ1n) is 2.10. The van der Waals surface area contributed by atoms with Crippen molar-refractivity contribution in [3.63, 3.8) is 0 Å². The van der Waals surface area contributed by atoms with Gasteiger partial charge in [0.2, 0.25) is 5.71 Å². The average Bonchev–Trinajstić information content (AvgIpc) is 1.90. The molecule has 0 aromatic heterocycles. The van der Waals surface area contributed by atoms with Crippen LogP contribution in [0.15, 0.2) is 5.16 Å². The maximum Gasteiger partial charge on any atom is 0.284 e. The van der Waals surface area contributed by atoms with Gasteiger partial charge in [0.25, 0.3) is 5.91 Å². The molecule has 0 aliphatic heterocycles. The predicted molar refractivity (Wildman–Crippen MR) is 28.9 cm³/mol. The van der Waals surface area contributed by atoms with Gasteiger partial charge in [0.1, 0.15) is 6.07 Å². The second-order valence-corrected chi connectivity index (χ2v) is 1.14. The van der Waals surface area contributed by atoms with Crippen LogP contribution in [0, 0.1) is 11.3 Å². The number of carbonyl (C=O) groups is 1. The van der Waals surface area contributed by atoms with Gasteiger partial charge in [-0.3, -0.25) is 4.79 Å². The molecule has 9 heavy (non-hydrogen) atoms. The second kappa shape index (κ2) is 3.43. The molecule has 0 aliphatic rings. The highest BCUT2D eigenvalue weighted by atomic mass is 16.4. The first-order chi connectivity index (χ1) is 4.26. The van der Waals surface area contributed by atoms with Gasteiger partial charge in [0.05, 0.1) is 0 Å². The first-order valence-corrected chi connectivity index (χ1v) is 2.10. The van der Waals surface area contributed by atoms with Gasteiger partial charge < -0.3 is 10.5 Å². The summed E-state index contributed by atoms with van der Waals surface area (Å²) in [6.45, 7) is 0. The minimum Gasteiger partial charge on any atom is -0.410 e. The van der Waals surface area contributed by atoms with Gasteiger partial charge in [0.15, 0.2) is 0 Å². The third-order valence-electron chi connectivity index (χ3n) is 0.648. The number of rotatable bonds is 1. The minimum absolute atomic E-state index is 0.544. The van der Waals surface area contributed by atoms with Gasteiger partial charge in [-0.2, -0.15) is 5.26 Å². The minimum atomic E-state index is -0.694. The van der Waals surface area contributed by atoms with Crippen molar-refractivity contribution in [2.75, 3.05) is 7.05 Å². The third kappa shape index (κ3) is 1.78. The van der Waals surface area contributed by atoms with E-state index in [-0.39, 0.29) is 0 Å². The molecule has 0 heterocycles. The van der Waals surface area contributed by atoms with Crippen LogP contribution in [0.2, 0.25) is 0 Å². The molecule has 0 saturated heterocycles. The van der Waals surface area contributed by atoms with Crippen LogP contribution in [0.3, 0.4) is 0 Å². The summed E-state index contributed by atoms with van der Waals surface area (Å²) in [5, 5.41) is 20.5. The molecule has 5 nitrogen and oxygen atoms in total. The molecule has 5 heteroatoms. The lowest BCUT2D eigenvalue weighted by molar-refractivity contribution is -0.114. The molecule has 0 radical (unpaired) electrons. The summed E-state index contributed by atoms with van der Waals surface area (Å²) in [5.41, 5.74) is -0.544. The van der Waals surface area contributed by atoms with E-state index in [9.17, 15) is 4.79 Å².